The summed E-state index contributed by atoms with van der Waals surface area (Å²) in [5, 5.41) is 3.02. The Morgan fingerprint density at radius 2 is 2.04 bits per heavy atom. The lowest BCUT2D eigenvalue weighted by atomic mass is 9.99. The first-order valence-electron chi connectivity index (χ1n) is 8.25. The first-order chi connectivity index (χ1) is 11.0. The Hall–Kier alpha value is -2.11. The molecule has 0 spiro atoms. The molecule has 0 saturated heterocycles. The van der Waals surface area contributed by atoms with E-state index in [-0.39, 0.29) is 11.9 Å². The Morgan fingerprint density at radius 3 is 2.74 bits per heavy atom. The number of carbonyl (C=O) groups is 2. The van der Waals surface area contributed by atoms with Crippen LogP contribution in [0.4, 0.5) is 5.82 Å². The molecule has 1 aromatic heterocycles. The fraction of sp³-hybridized carbons (Fsp3) is 0.588. The topological polar surface area (TPSA) is 71.5 Å². The highest BCUT2D eigenvalue weighted by Crippen LogP contribution is 2.35. The standard InChI is InChI=1S/C17H23N3O3/c1-17(15(21)19-12-8-5-3-4-6-9-12)16(22)20(2)14-13(23-17)10-7-11-18-14/h7,10-12H,3-6,8-9H2,1-2H3,(H,19,21). The molecule has 0 radical (unpaired) electrons. The Kier molecular flexibility index (Phi) is 4.24. The third-order valence-electron chi connectivity index (χ3n) is 4.72. The van der Waals surface area contributed by atoms with Gasteiger partial charge in [0.05, 0.1) is 0 Å². The number of aromatic nitrogens is 1. The van der Waals surface area contributed by atoms with E-state index in [1.165, 1.54) is 24.7 Å². The normalized spacial score (nSPS) is 25.3. The number of fused-ring (bicyclic) bond motifs is 1. The lowest BCUT2D eigenvalue weighted by Gasteiger charge is -2.37. The molecule has 2 heterocycles. The molecule has 1 aromatic rings. The molecule has 1 unspecified atom stereocenters. The van der Waals surface area contributed by atoms with Gasteiger partial charge in [0.1, 0.15) is 0 Å². The van der Waals surface area contributed by atoms with E-state index < -0.39 is 11.5 Å². The summed E-state index contributed by atoms with van der Waals surface area (Å²) in [6, 6.07) is 3.58. The quantitative estimate of drug-likeness (QED) is 0.669. The number of anilines is 1. The van der Waals surface area contributed by atoms with Crippen LogP contribution in [0.3, 0.4) is 0 Å². The Morgan fingerprint density at radius 1 is 1.35 bits per heavy atom. The fourth-order valence-electron chi connectivity index (χ4n) is 3.28. The highest BCUT2D eigenvalue weighted by Gasteiger charge is 2.50. The molecule has 1 aliphatic heterocycles. The van der Waals surface area contributed by atoms with E-state index in [9.17, 15) is 9.59 Å². The van der Waals surface area contributed by atoms with Gasteiger partial charge in [-0.25, -0.2) is 4.98 Å². The van der Waals surface area contributed by atoms with Gasteiger partial charge in [-0.05, 0) is 31.9 Å². The second kappa shape index (κ2) is 6.18. The first-order valence-corrected chi connectivity index (χ1v) is 8.25. The van der Waals surface area contributed by atoms with Gasteiger partial charge in [-0.1, -0.05) is 25.7 Å². The van der Waals surface area contributed by atoms with Crippen LogP contribution in [-0.2, 0) is 9.59 Å². The average molecular weight is 317 g/mol. The van der Waals surface area contributed by atoms with Crippen molar-refractivity contribution < 1.29 is 14.3 Å². The molecule has 2 aliphatic rings. The van der Waals surface area contributed by atoms with Gasteiger partial charge >= 0.3 is 0 Å². The second-order valence-electron chi connectivity index (χ2n) is 6.49. The summed E-state index contributed by atoms with van der Waals surface area (Å²) in [6.07, 6.45) is 8.17. The third kappa shape index (κ3) is 2.90. The molecular formula is C17H23N3O3. The van der Waals surface area contributed by atoms with Crippen molar-refractivity contribution in [1.29, 1.82) is 0 Å². The summed E-state index contributed by atoms with van der Waals surface area (Å²) >= 11 is 0. The molecule has 1 aliphatic carbocycles. The number of hydrogen-bond acceptors (Lipinski definition) is 4. The molecule has 1 saturated carbocycles. The number of carbonyl (C=O) groups excluding carboxylic acids is 2. The largest absolute Gasteiger partial charge is 0.464 e. The zero-order valence-electron chi connectivity index (χ0n) is 13.7. The van der Waals surface area contributed by atoms with E-state index >= 15 is 0 Å². The van der Waals surface area contributed by atoms with E-state index in [1.54, 1.807) is 25.4 Å². The molecule has 6 nitrogen and oxygen atoms in total. The zero-order chi connectivity index (χ0) is 16.4. The lowest BCUT2D eigenvalue weighted by molar-refractivity contribution is -0.148. The van der Waals surface area contributed by atoms with Crippen molar-refractivity contribution in [2.75, 3.05) is 11.9 Å². The molecule has 1 fully saturated rings. The summed E-state index contributed by atoms with van der Waals surface area (Å²) in [4.78, 5) is 31.0. The predicted octanol–water partition coefficient (Wildman–Crippen LogP) is 2.03. The SMILES string of the molecule is CN1C(=O)C(C)(C(=O)NC2CCCCCC2)Oc2cccnc21. The smallest absolute Gasteiger partial charge is 0.281 e. The second-order valence-corrected chi connectivity index (χ2v) is 6.49. The van der Waals surface area contributed by atoms with Crippen molar-refractivity contribution in [3.63, 3.8) is 0 Å². The van der Waals surface area contributed by atoms with Gasteiger partial charge in [0.2, 0.25) is 0 Å². The average Bonchev–Trinajstić information content (AvgIpc) is 2.81. The molecule has 124 valence electrons. The van der Waals surface area contributed by atoms with Crippen LogP contribution in [-0.4, -0.2) is 35.5 Å². The van der Waals surface area contributed by atoms with Crippen LogP contribution in [0.5, 0.6) is 5.75 Å². The molecule has 0 bridgehead atoms. The monoisotopic (exact) mass is 317 g/mol. The van der Waals surface area contributed by atoms with E-state index in [1.807, 2.05) is 0 Å². The van der Waals surface area contributed by atoms with Crippen molar-refractivity contribution in [3.05, 3.63) is 18.3 Å². The van der Waals surface area contributed by atoms with Crippen molar-refractivity contribution in [2.24, 2.45) is 0 Å². The molecule has 3 rings (SSSR count). The Bertz CT molecular complexity index is 611. The van der Waals surface area contributed by atoms with Crippen LogP contribution in [0, 0.1) is 0 Å². The maximum Gasteiger partial charge on any atom is 0.281 e. The van der Waals surface area contributed by atoms with Crippen LogP contribution in [0.15, 0.2) is 18.3 Å². The van der Waals surface area contributed by atoms with Gasteiger partial charge < -0.3 is 10.1 Å². The van der Waals surface area contributed by atoms with Crippen molar-refractivity contribution >= 4 is 17.6 Å². The summed E-state index contributed by atoms with van der Waals surface area (Å²) in [6.45, 7) is 1.54. The summed E-state index contributed by atoms with van der Waals surface area (Å²) in [5.41, 5.74) is -1.54. The minimum absolute atomic E-state index is 0.124. The number of nitrogens with one attached hydrogen (secondary N) is 1. The van der Waals surface area contributed by atoms with Crippen LogP contribution in [0.2, 0.25) is 0 Å². The van der Waals surface area contributed by atoms with Crippen molar-refractivity contribution in [3.8, 4) is 5.75 Å². The van der Waals surface area contributed by atoms with Gasteiger partial charge in [-0.3, -0.25) is 14.5 Å². The number of likely N-dealkylation sites (N-methyl/N-ethyl adjacent to an activating group) is 1. The van der Waals surface area contributed by atoms with E-state index in [0.29, 0.717) is 11.6 Å². The summed E-state index contributed by atoms with van der Waals surface area (Å²) in [5.74, 6) is 0.135. The van der Waals surface area contributed by atoms with E-state index in [0.717, 1.165) is 25.7 Å². The predicted molar refractivity (Wildman–Crippen MR) is 86.3 cm³/mol. The minimum atomic E-state index is -1.54. The van der Waals surface area contributed by atoms with E-state index in [2.05, 4.69) is 10.3 Å². The lowest BCUT2D eigenvalue weighted by Crippen LogP contribution is -2.62. The highest BCUT2D eigenvalue weighted by atomic mass is 16.5. The van der Waals surface area contributed by atoms with Crippen LogP contribution < -0.4 is 15.0 Å². The Labute approximate surface area is 136 Å². The van der Waals surface area contributed by atoms with E-state index in [4.69, 9.17) is 4.74 Å². The number of pyridine rings is 1. The molecule has 6 heteroatoms. The van der Waals surface area contributed by atoms with Gasteiger partial charge in [-0.2, -0.15) is 0 Å². The van der Waals surface area contributed by atoms with Crippen LogP contribution in [0.1, 0.15) is 45.4 Å². The fourth-order valence-corrected chi connectivity index (χ4v) is 3.28. The van der Waals surface area contributed by atoms with Crippen LogP contribution in [0.25, 0.3) is 0 Å². The summed E-state index contributed by atoms with van der Waals surface area (Å²) in [7, 11) is 1.62. The first kappa shape index (κ1) is 15.8. The zero-order valence-corrected chi connectivity index (χ0v) is 13.7. The molecule has 0 aromatic carbocycles. The number of rotatable bonds is 2. The molecule has 1 N–H and O–H groups in total. The van der Waals surface area contributed by atoms with Gasteiger partial charge in [0.25, 0.3) is 17.4 Å². The summed E-state index contributed by atoms with van der Waals surface area (Å²) < 4.78 is 5.77. The van der Waals surface area contributed by atoms with Crippen LogP contribution >= 0.6 is 0 Å². The molecule has 2 amide bonds. The molecule has 1 atom stereocenters. The number of hydrogen-bond donors (Lipinski definition) is 1. The Balaban J connectivity index is 1.80. The minimum Gasteiger partial charge on any atom is -0.464 e. The van der Waals surface area contributed by atoms with Gasteiger partial charge in [0.15, 0.2) is 11.6 Å². The highest BCUT2D eigenvalue weighted by molar-refractivity contribution is 6.15. The number of amides is 2. The maximum absolute atomic E-state index is 12.8. The third-order valence-corrected chi connectivity index (χ3v) is 4.72. The van der Waals surface area contributed by atoms with Gasteiger partial charge in [-0.15, -0.1) is 0 Å². The van der Waals surface area contributed by atoms with Crippen molar-refractivity contribution in [1.82, 2.24) is 10.3 Å². The van der Waals surface area contributed by atoms with Gasteiger partial charge in [0, 0.05) is 19.3 Å². The van der Waals surface area contributed by atoms with Crippen molar-refractivity contribution in [2.45, 2.75) is 57.1 Å². The number of nitrogens with zero attached hydrogens (tertiary/aromatic N) is 2. The number of ether oxygens (including phenoxy) is 1. The maximum atomic E-state index is 12.8. The molecular weight excluding hydrogens is 294 g/mol. The molecule has 23 heavy (non-hydrogen) atoms.